The third-order valence-corrected chi connectivity index (χ3v) is 8.02. The van der Waals surface area contributed by atoms with E-state index in [1.54, 1.807) is 39.8 Å². The lowest BCUT2D eigenvalue weighted by molar-refractivity contribution is -0.161. The Bertz CT molecular complexity index is 781. The van der Waals surface area contributed by atoms with Gasteiger partial charge in [0.25, 0.3) is 0 Å². The second kappa shape index (κ2) is 10.7. The summed E-state index contributed by atoms with van der Waals surface area (Å²) in [5.74, 6) is -0.878. The molecule has 2 heterocycles. The molecule has 2 aliphatic heterocycles. The molecule has 0 aromatic carbocycles. The predicted octanol–water partition coefficient (Wildman–Crippen LogP) is 2.59. The lowest BCUT2D eigenvalue weighted by Gasteiger charge is -2.41. The van der Waals surface area contributed by atoms with Gasteiger partial charge in [-0.25, -0.2) is 17.5 Å². The first-order valence-corrected chi connectivity index (χ1v) is 12.3. The Hall–Kier alpha value is -1.71. The Morgan fingerprint density at radius 3 is 2.29 bits per heavy atom. The van der Waals surface area contributed by atoms with Crippen molar-refractivity contribution in [2.75, 3.05) is 32.9 Å². The highest BCUT2D eigenvalue weighted by atomic mass is 32.2. The molecule has 2 fully saturated rings. The van der Waals surface area contributed by atoms with E-state index in [9.17, 15) is 18.0 Å². The summed E-state index contributed by atoms with van der Waals surface area (Å²) in [5.41, 5.74) is -0.771. The molecule has 0 N–H and O–H groups in total. The third kappa shape index (κ3) is 6.63. The highest BCUT2D eigenvalue weighted by Crippen LogP contribution is 2.37. The Morgan fingerprint density at radius 1 is 1.13 bits per heavy atom. The number of hydrogen-bond donors (Lipinski definition) is 0. The van der Waals surface area contributed by atoms with Crippen LogP contribution in [-0.2, 0) is 33.8 Å². The summed E-state index contributed by atoms with van der Waals surface area (Å²) >= 11 is 0. The SMILES string of the molecule is CCOC(=O)C=CC=CC1CCN(S(=O)(=O)C2(C(=O)OC(C)(C)C)CCOCC2)CC1. The largest absolute Gasteiger partial charge is 0.463 e. The molecule has 176 valence electrons. The number of carbonyl (C=O) groups is 2. The monoisotopic (exact) mass is 457 g/mol. The van der Waals surface area contributed by atoms with Crippen molar-refractivity contribution in [2.45, 2.75) is 63.7 Å². The van der Waals surface area contributed by atoms with Crippen LogP contribution in [0.2, 0.25) is 0 Å². The topological polar surface area (TPSA) is 99.2 Å². The highest BCUT2D eigenvalue weighted by molar-refractivity contribution is 7.91. The van der Waals surface area contributed by atoms with Crippen LogP contribution in [0.1, 0.15) is 53.4 Å². The van der Waals surface area contributed by atoms with Crippen LogP contribution in [0.5, 0.6) is 0 Å². The van der Waals surface area contributed by atoms with Crippen LogP contribution in [0.15, 0.2) is 24.3 Å². The molecule has 31 heavy (non-hydrogen) atoms. The van der Waals surface area contributed by atoms with Crippen molar-refractivity contribution in [1.82, 2.24) is 4.31 Å². The number of esters is 2. The fourth-order valence-electron chi connectivity index (χ4n) is 3.74. The standard InChI is InChI=1S/C22H35NO7S/c1-5-29-19(24)9-7-6-8-18-10-14-23(15-11-18)31(26,27)22(12-16-28-17-13-22)20(25)30-21(2,3)4/h6-9,18H,5,10-17H2,1-4H3. The number of hydrogen-bond acceptors (Lipinski definition) is 7. The van der Waals surface area contributed by atoms with E-state index in [1.165, 1.54) is 10.4 Å². The first-order valence-electron chi connectivity index (χ1n) is 10.8. The van der Waals surface area contributed by atoms with E-state index in [0.717, 1.165) is 0 Å². The molecule has 0 amide bonds. The van der Waals surface area contributed by atoms with Crippen molar-refractivity contribution >= 4 is 22.0 Å². The minimum absolute atomic E-state index is 0.0999. The van der Waals surface area contributed by atoms with Gasteiger partial charge in [-0.2, -0.15) is 0 Å². The van der Waals surface area contributed by atoms with E-state index in [-0.39, 0.29) is 32.0 Å². The van der Waals surface area contributed by atoms with Crippen LogP contribution in [0.3, 0.4) is 0 Å². The average Bonchev–Trinajstić information content (AvgIpc) is 2.71. The minimum Gasteiger partial charge on any atom is -0.463 e. The fraction of sp³-hybridized carbons (Fsp3) is 0.727. The first-order chi connectivity index (χ1) is 14.5. The van der Waals surface area contributed by atoms with Crippen LogP contribution in [-0.4, -0.2) is 67.9 Å². The zero-order valence-corrected chi connectivity index (χ0v) is 19.8. The van der Waals surface area contributed by atoms with Gasteiger partial charge in [-0.05, 0) is 46.5 Å². The minimum atomic E-state index is -3.90. The Kier molecular flexibility index (Phi) is 8.85. The lowest BCUT2D eigenvalue weighted by Crippen LogP contribution is -2.58. The zero-order chi connectivity index (χ0) is 23.1. The lowest BCUT2D eigenvalue weighted by atomic mass is 9.97. The zero-order valence-electron chi connectivity index (χ0n) is 19.0. The molecule has 2 saturated heterocycles. The fourth-order valence-corrected chi connectivity index (χ4v) is 5.86. The molecule has 0 bridgehead atoms. The number of carbonyl (C=O) groups excluding carboxylic acids is 2. The number of piperidine rings is 1. The average molecular weight is 458 g/mol. The first kappa shape index (κ1) is 25.5. The maximum Gasteiger partial charge on any atom is 0.330 e. The molecule has 0 aromatic heterocycles. The van der Waals surface area contributed by atoms with Gasteiger partial charge in [0, 0.05) is 45.2 Å². The predicted molar refractivity (Wildman–Crippen MR) is 117 cm³/mol. The van der Waals surface area contributed by atoms with Gasteiger partial charge < -0.3 is 14.2 Å². The number of sulfonamides is 1. The van der Waals surface area contributed by atoms with E-state index in [0.29, 0.717) is 32.5 Å². The number of ether oxygens (including phenoxy) is 3. The highest BCUT2D eigenvalue weighted by Gasteiger charge is 2.56. The van der Waals surface area contributed by atoms with Crippen LogP contribution >= 0.6 is 0 Å². The molecule has 9 heteroatoms. The maximum absolute atomic E-state index is 13.6. The van der Waals surface area contributed by atoms with Crippen LogP contribution in [0, 0.1) is 5.92 Å². The van der Waals surface area contributed by atoms with Gasteiger partial charge in [0.15, 0.2) is 4.75 Å². The molecule has 0 radical (unpaired) electrons. The van der Waals surface area contributed by atoms with Crippen molar-refractivity contribution < 1.29 is 32.2 Å². The Labute approximate surface area is 185 Å². The van der Waals surface area contributed by atoms with E-state index >= 15 is 0 Å². The summed E-state index contributed by atoms with van der Waals surface area (Å²) in [4.78, 5) is 24.3. The normalized spacial score (nSPS) is 21.4. The van der Waals surface area contributed by atoms with Gasteiger partial charge in [-0.1, -0.05) is 18.2 Å². The van der Waals surface area contributed by atoms with Crippen LogP contribution in [0.25, 0.3) is 0 Å². The molecule has 0 aromatic rings. The molecule has 2 aliphatic rings. The molecule has 0 saturated carbocycles. The summed E-state index contributed by atoms with van der Waals surface area (Å²) in [5, 5.41) is 0. The quantitative estimate of drug-likeness (QED) is 0.329. The summed E-state index contributed by atoms with van der Waals surface area (Å²) < 4.78 is 42.7. The summed E-state index contributed by atoms with van der Waals surface area (Å²) in [6.45, 7) is 8.38. The van der Waals surface area contributed by atoms with Crippen molar-refractivity contribution in [3.8, 4) is 0 Å². The van der Waals surface area contributed by atoms with Crippen molar-refractivity contribution in [3.63, 3.8) is 0 Å². The number of allylic oxidation sites excluding steroid dienone is 3. The van der Waals surface area contributed by atoms with E-state index in [2.05, 4.69) is 0 Å². The Morgan fingerprint density at radius 2 is 1.74 bits per heavy atom. The van der Waals surface area contributed by atoms with Gasteiger partial charge >= 0.3 is 11.9 Å². The summed E-state index contributed by atoms with van der Waals surface area (Å²) in [6, 6.07) is 0. The van der Waals surface area contributed by atoms with E-state index < -0.39 is 32.3 Å². The molecule has 0 atom stereocenters. The van der Waals surface area contributed by atoms with Crippen LogP contribution < -0.4 is 0 Å². The molecule has 0 spiro atoms. The van der Waals surface area contributed by atoms with Crippen molar-refractivity contribution in [1.29, 1.82) is 0 Å². The van der Waals surface area contributed by atoms with Gasteiger partial charge in [0.2, 0.25) is 10.0 Å². The molecular formula is C22H35NO7S. The van der Waals surface area contributed by atoms with Crippen molar-refractivity contribution in [3.05, 3.63) is 24.3 Å². The molecular weight excluding hydrogens is 422 g/mol. The summed E-state index contributed by atoms with van der Waals surface area (Å²) in [6.07, 6.45) is 8.22. The van der Waals surface area contributed by atoms with Gasteiger partial charge in [-0.15, -0.1) is 0 Å². The molecule has 8 nitrogen and oxygen atoms in total. The Balaban J connectivity index is 2.06. The smallest absolute Gasteiger partial charge is 0.330 e. The molecule has 0 aliphatic carbocycles. The second-order valence-corrected chi connectivity index (χ2v) is 11.1. The number of rotatable bonds is 7. The van der Waals surface area contributed by atoms with E-state index in [4.69, 9.17) is 14.2 Å². The van der Waals surface area contributed by atoms with E-state index in [1.807, 2.05) is 6.08 Å². The van der Waals surface area contributed by atoms with Gasteiger partial charge in [0.05, 0.1) is 6.61 Å². The van der Waals surface area contributed by atoms with Gasteiger partial charge in [-0.3, -0.25) is 4.79 Å². The summed E-state index contributed by atoms with van der Waals surface area (Å²) in [7, 11) is -3.90. The third-order valence-electron chi connectivity index (χ3n) is 5.42. The maximum atomic E-state index is 13.6. The second-order valence-electron chi connectivity index (χ2n) is 8.85. The van der Waals surface area contributed by atoms with Crippen LogP contribution in [0.4, 0.5) is 0 Å². The molecule has 2 rings (SSSR count). The number of nitrogens with zero attached hydrogens (tertiary/aromatic N) is 1. The van der Waals surface area contributed by atoms with Gasteiger partial charge in [0.1, 0.15) is 5.60 Å². The van der Waals surface area contributed by atoms with Crippen molar-refractivity contribution in [2.24, 2.45) is 5.92 Å². The molecule has 0 unspecified atom stereocenters.